The minimum atomic E-state index is -3.08. The van der Waals surface area contributed by atoms with Gasteiger partial charge in [-0.15, -0.1) is 0 Å². The summed E-state index contributed by atoms with van der Waals surface area (Å²) in [4.78, 5) is 0. The first-order chi connectivity index (χ1) is 11.7. The first kappa shape index (κ1) is 16.9. The van der Waals surface area contributed by atoms with E-state index in [4.69, 9.17) is 9.26 Å². The van der Waals surface area contributed by atoms with E-state index in [-0.39, 0.29) is 6.35 Å². The first-order valence-electron chi connectivity index (χ1n) is 8.06. The zero-order valence-electron chi connectivity index (χ0n) is 13.7. The van der Waals surface area contributed by atoms with E-state index in [0.29, 0.717) is 13.2 Å². The predicted octanol–water partition coefficient (Wildman–Crippen LogP) is 4.95. The lowest BCUT2D eigenvalue weighted by atomic mass is 10.1. The molecule has 0 aromatic heterocycles. The quantitative estimate of drug-likeness (QED) is 0.571. The Bertz CT molecular complexity index is 840. The summed E-state index contributed by atoms with van der Waals surface area (Å²) in [5.41, 5.74) is 1.05. The van der Waals surface area contributed by atoms with Gasteiger partial charge in [0.2, 0.25) is 0 Å². The summed E-state index contributed by atoms with van der Waals surface area (Å²) in [6, 6.07) is 23.6. The highest BCUT2D eigenvalue weighted by atomic mass is 31.2. The van der Waals surface area contributed by atoms with E-state index in [1.165, 1.54) is 0 Å². The molecule has 3 rings (SSSR count). The third-order valence-corrected chi connectivity index (χ3v) is 6.17. The molecule has 0 amide bonds. The van der Waals surface area contributed by atoms with Crippen LogP contribution in [0.1, 0.15) is 12.5 Å². The van der Waals surface area contributed by atoms with Gasteiger partial charge in [-0.25, -0.2) is 0 Å². The summed E-state index contributed by atoms with van der Waals surface area (Å²) < 4.78 is 24.9. The zero-order chi connectivity index (χ0) is 16.8. The van der Waals surface area contributed by atoms with Crippen molar-refractivity contribution in [1.82, 2.24) is 0 Å². The van der Waals surface area contributed by atoms with Gasteiger partial charge in [0, 0.05) is 5.30 Å². The molecular formula is C20H21O3P. The van der Waals surface area contributed by atoms with E-state index >= 15 is 0 Å². The van der Waals surface area contributed by atoms with E-state index in [0.717, 1.165) is 21.6 Å². The largest absolute Gasteiger partial charge is 0.366 e. The van der Waals surface area contributed by atoms with Gasteiger partial charge in [0.05, 0.1) is 13.2 Å². The number of benzene rings is 3. The molecule has 0 saturated carbocycles. The maximum absolute atomic E-state index is 13.5. The average Bonchev–Trinajstić information content (AvgIpc) is 2.62. The molecule has 0 radical (unpaired) electrons. The second kappa shape index (κ2) is 7.76. The lowest BCUT2D eigenvalue weighted by molar-refractivity contribution is 0.151. The maximum Gasteiger partial charge on any atom is 0.257 e. The Hall–Kier alpha value is -1.93. The molecule has 3 nitrogen and oxygen atoms in total. The second-order valence-corrected chi connectivity index (χ2v) is 7.90. The molecule has 0 aliphatic rings. The van der Waals surface area contributed by atoms with Crippen LogP contribution in [0, 0.1) is 0 Å². The number of fused-ring (bicyclic) bond motifs is 1. The molecule has 0 spiro atoms. The lowest BCUT2D eigenvalue weighted by Crippen LogP contribution is -2.13. The molecule has 3 aromatic carbocycles. The average molecular weight is 340 g/mol. The molecule has 0 aliphatic carbocycles. The van der Waals surface area contributed by atoms with E-state index in [2.05, 4.69) is 0 Å². The Morgan fingerprint density at radius 3 is 2.38 bits per heavy atom. The Kier molecular flexibility index (Phi) is 5.47. The van der Waals surface area contributed by atoms with Gasteiger partial charge in [-0.2, -0.15) is 0 Å². The van der Waals surface area contributed by atoms with Gasteiger partial charge in [-0.05, 0) is 29.3 Å². The fraction of sp³-hybridized carbons (Fsp3) is 0.200. The normalized spacial score (nSPS) is 13.7. The van der Waals surface area contributed by atoms with Crippen molar-refractivity contribution in [2.24, 2.45) is 0 Å². The minimum absolute atomic E-state index is 0.0732. The minimum Gasteiger partial charge on any atom is -0.366 e. The van der Waals surface area contributed by atoms with Gasteiger partial charge in [0.25, 0.3) is 7.37 Å². The third kappa shape index (κ3) is 3.76. The van der Waals surface area contributed by atoms with Gasteiger partial charge < -0.3 is 9.26 Å². The van der Waals surface area contributed by atoms with E-state index < -0.39 is 7.37 Å². The summed E-state index contributed by atoms with van der Waals surface area (Å²) in [7, 11) is -3.08. The smallest absolute Gasteiger partial charge is 0.257 e. The van der Waals surface area contributed by atoms with Crippen LogP contribution in [0.5, 0.6) is 0 Å². The predicted molar refractivity (Wildman–Crippen MR) is 98.9 cm³/mol. The van der Waals surface area contributed by atoms with E-state index in [9.17, 15) is 4.57 Å². The van der Waals surface area contributed by atoms with Crippen LogP contribution in [0.25, 0.3) is 10.8 Å². The van der Waals surface area contributed by atoms with Crippen LogP contribution in [0.3, 0.4) is 0 Å². The topological polar surface area (TPSA) is 35.5 Å². The van der Waals surface area contributed by atoms with Crippen molar-refractivity contribution in [3.8, 4) is 0 Å². The molecule has 124 valence electrons. The highest BCUT2D eigenvalue weighted by molar-refractivity contribution is 7.67. The Morgan fingerprint density at radius 1 is 0.875 bits per heavy atom. The molecule has 24 heavy (non-hydrogen) atoms. The summed E-state index contributed by atoms with van der Waals surface area (Å²) in [6.07, 6.45) is 0.0732. The first-order valence-corrected chi connectivity index (χ1v) is 9.87. The summed E-state index contributed by atoms with van der Waals surface area (Å²) in [5, 5.41) is 2.74. The van der Waals surface area contributed by atoms with Gasteiger partial charge in [0.1, 0.15) is 6.35 Å². The lowest BCUT2D eigenvalue weighted by Gasteiger charge is -2.20. The fourth-order valence-electron chi connectivity index (χ4n) is 2.75. The SMILES string of the molecule is CCOP(=O)(COCc1ccccc1)c1cccc2ccccc12. The monoisotopic (exact) mass is 340 g/mol. The van der Waals surface area contributed by atoms with Crippen molar-refractivity contribution >= 4 is 23.4 Å². The molecule has 0 N–H and O–H groups in total. The maximum atomic E-state index is 13.5. The van der Waals surface area contributed by atoms with Crippen LogP contribution in [0.4, 0.5) is 0 Å². The van der Waals surface area contributed by atoms with Crippen LogP contribution in [0.2, 0.25) is 0 Å². The highest BCUT2D eigenvalue weighted by Crippen LogP contribution is 2.47. The summed E-state index contributed by atoms with van der Waals surface area (Å²) in [6.45, 7) is 2.66. The summed E-state index contributed by atoms with van der Waals surface area (Å²) >= 11 is 0. The van der Waals surface area contributed by atoms with Crippen molar-refractivity contribution in [3.63, 3.8) is 0 Å². The number of hydrogen-bond donors (Lipinski definition) is 0. The second-order valence-electron chi connectivity index (χ2n) is 5.55. The van der Waals surface area contributed by atoms with Crippen LogP contribution in [0.15, 0.2) is 72.8 Å². The van der Waals surface area contributed by atoms with Gasteiger partial charge in [-0.3, -0.25) is 4.57 Å². The van der Waals surface area contributed by atoms with Gasteiger partial charge in [-0.1, -0.05) is 66.7 Å². The molecule has 0 heterocycles. The number of ether oxygens (including phenoxy) is 1. The molecular weight excluding hydrogens is 319 g/mol. The van der Waals surface area contributed by atoms with Crippen molar-refractivity contribution < 1.29 is 13.8 Å². The number of hydrogen-bond acceptors (Lipinski definition) is 3. The van der Waals surface area contributed by atoms with Crippen molar-refractivity contribution in [2.45, 2.75) is 13.5 Å². The van der Waals surface area contributed by atoms with Crippen molar-refractivity contribution in [3.05, 3.63) is 78.4 Å². The van der Waals surface area contributed by atoms with E-state index in [1.54, 1.807) is 0 Å². The Balaban J connectivity index is 1.85. The van der Waals surface area contributed by atoms with Crippen LogP contribution < -0.4 is 5.30 Å². The molecule has 1 atom stereocenters. The van der Waals surface area contributed by atoms with Crippen LogP contribution in [-0.2, 0) is 20.4 Å². The highest BCUT2D eigenvalue weighted by Gasteiger charge is 2.27. The molecule has 0 fully saturated rings. The molecule has 0 bridgehead atoms. The Labute approximate surface area is 142 Å². The van der Waals surface area contributed by atoms with E-state index in [1.807, 2.05) is 79.7 Å². The standard InChI is InChI=1S/C20H21O3P/c1-2-23-24(21,16-22-15-17-9-4-3-5-10-17)20-14-8-12-18-11-6-7-13-19(18)20/h3-14H,2,15-16H2,1H3. The third-order valence-electron chi connectivity index (χ3n) is 3.84. The molecule has 4 heteroatoms. The molecule has 0 saturated heterocycles. The van der Waals surface area contributed by atoms with Gasteiger partial charge >= 0.3 is 0 Å². The molecule has 0 aliphatic heterocycles. The molecule has 3 aromatic rings. The number of rotatable bonds is 7. The zero-order valence-corrected chi connectivity index (χ0v) is 14.6. The van der Waals surface area contributed by atoms with Crippen LogP contribution in [-0.4, -0.2) is 13.0 Å². The summed E-state index contributed by atoms with van der Waals surface area (Å²) in [5.74, 6) is 0. The van der Waals surface area contributed by atoms with Crippen molar-refractivity contribution in [1.29, 1.82) is 0 Å². The van der Waals surface area contributed by atoms with Crippen molar-refractivity contribution in [2.75, 3.05) is 13.0 Å². The Morgan fingerprint density at radius 2 is 1.58 bits per heavy atom. The van der Waals surface area contributed by atoms with Crippen LogP contribution >= 0.6 is 7.37 Å². The molecule has 1 unspecified atom stereocenters. The fourth-order valence-corrected chi connectivity index (χ4v) is 4.73. The van der Waals surface area contributed by atoms with Gasteiger partial charge in [0.15, 0.2) is 0 Å².